The van der Waals surface area contributed by atoms with Gasteiger partial charge in [0.25, 0.3) is 5.56 Å². The summed E-state index contributed by atoms with van der Waals surface area (Å²) in [5.41, 5.74) is 2.79. The highest BCUT2D eigenvalue weighted by molar-refractivity contribution is 5.91. The van der Waals surface area contributed by atoms with Crippen molar-refractivity contribution in [3.05, 3.63) is 105 Å². The minimum Gasteiger partial charge on any atom is -0.325 e. The standard InChI is InChI=1S/C26H25N3O3/c1-17(2)19-10-12-20(13-11-19)27-24(30)16-28-23-7-5-4-6-22(23)25(31)29(26(28)32)21-14-8-18(3)9-15-21/h4-15,17H,16H2,1-3H3,(H,27,30). The molecule has 0 atom stereocenters. The summed E-state index contributed by atoms with van der Waals surface area (Å²) in [6.07, 6.45) is 0. The molecular formula is C26H25N3O3. The van der Waals surface area contributed by atoms with Crippen molar-refractivity contribution in [1.29, 1.82) is 0 Å². The number of nitrogens with one attached hydrogen (secondary N) is 1. The second-order valence-electron chi connectivity index (χ2n) is 8.19. The Labute approximate surface area is 185 Å². The lowest BCUT2D eigenvalue weighted by Gasteiger charge is -2.14. The molecule has 1 amide bonds. The molecule has 0 radical (unpaired) electrons. The highest BCUT2D eigenvalue weighted by Crippen LogP contribution is 2.17. The van der Waals surface area contributed by atoms with Gasteiger partial charge in [0.15, 0.2) is 0 Å². The van der Waals surface area contributed by atoms with Crippen molar-refractivity contribution in [2.75, 3.05) is 5.32 Å². The van der Waals surface area contributed by atoms with E-state index in [0.29, 0.717) is 28.2 Å². The van der Waals surface area contributed by atoms with Crippen LogP contribution in [-0.2, 0) is 11.3 Å². The van der Waals surface area contributed by atoms with Gasteiger partial charge in [-0.3, -0.25) is 14.2 Å². The Bertz CT molecular complexity index is 1400. The fourth-order valence-electron chi connectivity index (χ4n) is 3.69. The van der Waals surface area contributed by atoms with E-state index in [1.807, 2.05) is 43.3 Å². The van der Waals surface area contributed by atoms with Crippen molar-refractivity contribution < 1.29 is 4.79 Å². The zero-order valence-corrected chi connectivity index (χ0v) is 18.3. The Balaban J connectivity index is 1.74. The number of aromatic nitrogens is 2. The Hall–Kier alpha value is -3.93. The Morgan fingerprint density at radius 2 is 1.56 bits per heavy atom. The minimum absolute atomic E-state index is 0.211. The van der Waals surface area contributed by atoms with Crippen LogP contribution in [0.1, 0.15) is 30.9 Å². The van der Waals surface area contributed by atoms with Gasteiger partial charge >= 0.3 is 5.69 Å². The van der Waals surface area contributed by atoms with Crippen LogP contribution < -0.4 is 16.6 Å². The minimum atomic E-state index is -0.553. The number of carbonyl (C=O) groups is 1. The largest absolute Gasteiger partial charge is 0.336 e. The average molecular weight is 428 g/mol. The van der Waals surface area contributed by atoms with Crippen LogP contribution >= 0.6 is 0 Å². The molecule has 0 saturated carbocycles. The fraction of sp³-hybridized carbons (Fsp3) is 0.192. The summed E-state index contributed by atoms with van der Waals surface area (Å²) >= 11 is 0. The number of rotatable bonds is 5. The first-order chi connectivity index (χ1) is 15.3. The van der Waals surface area contributed by atoms with E-state index in [1.165, 1.54) is 10.1 Å². The molecule has 0 bridgehead atoms. The molecule has 1 heterocycles. The number of benzene rings is 3. The lowest BCUT2D eigenvalue weighted by atomic mass is 10.0. The van der Waals surface area contributed by atoms with Gasteiger partial charge in [-0.2, -0.15) is 0 Å². The molecular weight excluding hydrogens is 402 g/mol. The topological polar surface area (TPSA) is 73.1 Å². The van der Waals surface area contributed by atoms with E-state index in [2.05, 4.69) is 19.2 Å². The molecule has 32 heavy (non-hydrogen) atoms. The maximum Gasteiger partial charge on any atom is 0.336 e. The molecule has 0 unspecified atom stereocenters. The van der Waals surface area contributed by atoms with Crippen molar-refractivity contribution >= 4 is 22.5 Å². The third-order valence-corrected chi connectivity index (χ3v) is 5.51. The van der Waals surface area contributed by atoms with Crippen LogP contribution in [0.3, 0.4) is 0 Å². The van der Waals surface area contributed by atoms with Crippen LogP contribution in [0, 0.1) is 6.92 Å². The van der Waals surface area contributed by atoms with Gasteiger partial charge in [0, 0.05) is 5.69 Å². The van der Waals surface area contributed by atoms with Crippen LogP contribution in [-0.4, -0.2) is 15.0 Å². The number of aryl methyl sites for hydroxylation is 1. The molecule has 162 valence electrons. The number of fused-ring (bicyclic) bond motifs is 1. The normalized spacial score (nSPS) is 11.1. The van der Waals surface area contributed by atoms with E-state index < -0.39 is 11.2 Å². The van der Waals surface area contributed by atoms with Crippen LogP contribution in [0.15, 0.2) is 82.4 Å². The predicted molar refractivity (Wildman–Crippen MR) is 128 cm³/mol. The van der Waals surface area contributed by atoms with Crippen molar-refractivity contribution in [2.45, 2.75) is 33.2 Å². The number of anilines is 1. The molecule has 0 aliphatic heterocycles. The molecule has 0 aliphatic rings. The first kappa shape index (κ1) is 21.3. The smallest absolute Gasteiger partial charge is 0.325 e. The molecule has 0 fully saturated rings. The maximum atomic E-state index is 13.3. The first-order valence-corrected chi connectivity index (χ1v) is 10.6. The first-order valence-electron chi connectivity index (χ1n) is 10.6. The van der Waals surface area contributed by atoms with E-state index in [0.717, 1.165) is 10.1 Å². The van der Waals surface area contributed by atoms with Gasteiger partial charge < -0.3 is 5.32 Å². The zero-order chi connectivity index (χ0) is 22.8. The molecule has 3 aromatic carbocycles. The van der Waals surface area contributed by atoms with Crippen molar-refractivity contribution in [2.24, 2.45) is 0 Å². The van der Waals surface area contributed by atoms with Gasteiger partial charge in [-0.15, -0.1) is 0 Å². The van der Waals surface area contributed by atoms with Crippen LogP contribution in [0.25, 0.3) is 16.6 Å². The summed E-state index contributed by atoms with van der Waals surface area (Å²) in [5, 5.41) is 3.22. The highest BCUT2D eigenvalue weighted by atomic mass is 16.2. The van der Waals surface area contributed by atoms with Crippen molar-refractivity contribution in [1.82, 2.24) is 9.13 Å². The molecule has 4 aromatic rings. The molecule has 4 rings (SSSR count). The number of nitrogens with zero attached hydrogens (tertiary/aromatic N) is 2. The number of para-hydroxylation sites is 1. The third kappa shape index (κ3) is 4.12. The Kier molecular flexibility index (Phi) is 5.77. The zero-order valence-electron chi connectivity index (χ0n) is 18.3. The van der Waals surface area contributed by atoms with Gasteiger partial charge in [0.2, 0.25) is 5.91 Å². The van der Waals surface area contributed by atoms with Gasteiger partial charge in [-0.05, 0) is 54.8 Å². The van der Waals surface area contributed by atoms with E-state index >= 15 is 0 Å². The number of carbonyl (C=O) groups excluding carboxylic acids is 1. The second-order valence-corrected chi connectivity index (χ2v) is 8.19. The Morgan fingerprint density at radius 1 is 0.906 bits per heavy atom. The van der Waals surface area contributed by atoms with Gasteiger partial charge in [0.1, 0.15) is 6.54 Å². The van der Waals surface area contributed by atoms with Gasteiger partial charge in [-0.25, -0.2) is 9.36 Å². The monoisotopic (exact) mass is 427 g/mol. The predicted octanol–water partition coefficient (Wildman–Crippen LogP) is 4.22. The molecule has 0 spiro atoms. The average Bonchev–Trinajstić information content (AvgIpc) is 2.78. The quantitative estimate of drug-likeness (QED) is 0.518. The summed E-state index contributed by atoms with van der Waals surface area (Å²) in [4.78, 5) is 39.3. The summed E-state index contributed by atoms with van der Waals surface area (Å²) in [6, 6.07) is 21.6. The summed E-state index contributed by atoms with van der Waals surface area (Å²) < 4.78 is 2.46. The van der Waals surface area contributed by atoms with E-state index in [9.17, 15) is 14.4 Å². The number of hydrogen-bond donors (Lipinski definition) is 1. The Morgan fingerprint density at radius 3 is 2.22 bits per heavy atom. The third-order valence-electron chi connectivity index (χ3n) is 5.51. The van der Waals surface area contributed by atoms with E-state index in [1.54, 1.807) is 36.4 Å². The second kappa shape index (κ2) is 8.67. The van der Waals surface area contributed by atoms with Crippen molar-refractivity contribution in [3.63, 3.8) is 0 Å². The SMILES string of the molecule is Cc1ccc(-n2c(=O)c3ccccc3n(CC(=O)Nc3ccc(C(C)C)cc3)c2=O)cc1. The van der Waals surface area contributed by atoms with Crippen LogP contribution in [0.4, 0.5) is 5.69 Å². The van der Waals surface area contributed by atoms with E-state index in [-0.39, 0.29) is 12.5 Å². The number of hydrogen-bond acceptors (Lipinski definition) is 3. The molecule has 0 saturated heterocycles. The molecule has 0 aliphatic carbocycles. The van der Waals surface area contributed by atoms with Gasteiger partial charge in [0.05, 0.1) is 16.6 Å². The summed E-state index contributed by atoms with van der Waals surface area (Å²) in [5.74, 6) is 0.0520. The van der Waals surface area contributed by atoms with Crippen LogP contribution in [0.5, 0.6) is 0 Å². The van der Waals surface area contributed by atoms with Gasteiger partial charge in [-0.1, -0.05) is 55.8 Å². The van der Waals surface area contributed by atoms with Crippen LogP contribution in [0.2, 0.25) is 0 Å². The lowest BCUT2D eigenvalue weighted by Crippen LogP contribution is -2.40. The number of amides is 1. The van der Waals surface area contributed by atoms with E-state index in [4.69, 9.17) is 0 Å². The molecule has 6 heteroatoms. The highest BCUT2D eigenvalue weighted by Gasteiger charge is 2.16. The summed E-state index contributed by atoms with van der Waals surface area (Å²) in [6.45, 7) is 5.93. The summed E-state index contributed by atoms with van der Waals surface area (Å²) in [7, 11) is 0. The fourth-order valence-corrected chi connectivity index (χ4v) is 3.69. The maximum absolute atomic E-state index is 13.3. The lowest BCUT2D eigenvalue weighted by molar-refractivity contribution is -0.116. The molecule has 1 aromatic heterocycles. The molecule has 6 nitrogen and oxygen atoms in total. The molecule has 1 N–H and O–H groups in total. The van der Waals surface area contributed by atoms with Crippen molar-refractivity contribution in [3.8, 4) is 5.69 Å².